The van der Waals surface area contributed by atoms with Gasteiger partial charge in [0.2, 0.25) is 0 Å². The monoisotopic (exact) mass is 168 g/mol. The Labute approximate surface area is 73.2 Å². The van der Waals surface area contributed by atoms with Gasteiger partial charge in [0.05, 0.1) is 13.2 Å². The van der Waals surface area contributed by atoms with Crippen LogP contribution in [0.25, 0.3) is 0 Å². The summed E-state index contributed by atoms with van der Waals surface area (Å²) in [6, 6.07) is 0. The molecule has 68 valence electrons. The fourth-order valence-electron chi connectivity index (χ4n) is 3.39. The van der Waals surface area contributed by atoms with Crippen molar-refractivity contribution >= 4 is 0 Å². The van der Waals surface area contributed by atoms with Crippen LogP contribution in [0, 0.1) is 17.8 Å². The summed E-state index contributed by atoms with van der Waals surface area (Å²) in [6.45, 7) is 3.92. The van der Waals surface area contributed by atoms with Crippen LogP contribution in [0.3, 0.4) is 0 Å². The minimum atomic E-state index is -0.106. The molecule has 0 aromatic carbocycles. The Bertz CT molecular complexity index is 187. The van der Waals surface area contributed by atoms with Crippen LogP contribution in [-0.2, 0) is 9.47 Å². The predicted molar refractivity (Wildman–Crippen MR) is 44.6 cm³/mol. The molecule has 1 spiro atoms. The Morgan fingerprint density at radius 3 is 2.67 bits per heavy atom. The lowest BCUT2D eigenvalue weighted by Crippen LogP contribution is -2.31. The largest absolute Gasteiger partial charge is 0.347 e. The molecule has 3 fully saturated rings. The third-order valence-corrected chi connectivity index (χ3v) is 3.91. The van der Waals surface area contributed by atoms with Crippen LogP contribution in [0.2, 0.25) is 0 Å². The van der Waals surface area contributed by atoms with Crippen molar-refractivity contribution in [3.05, 3.63) is 0 Å². The molecule has 1 saturated heterocycles. The van der Waals surface area contributed by atoms with E-state index in [1.807, 2.05) is 0 Å². The van der Waals surface area contributed by atoms with Crippen LogP contribution in [0.1, 0.15) is 26.2 Å². The first-order valence-corrected chi connectivity index (χ1v) is 5.15. The average Bonchev–Trinajstić information content (AvgIpc) is 2.45. The molecular formula is C10H16O2. The highest BCUT2D eigenvalue weighted by Gasteiger charge is 2.67. The van der Waals surface area contributed by atoms with Crippen molar-refractivity contribution in [3.63, 3.8) is 0 Å². The Balaban J connectivity index is 1.81. The number of rotatable bonds is 1. The smallest absolute Gasteiger partial charge is 0.171 e. The van der Waals surface area contributed by atoms with Crippen molar-refractivity contribution in [2.75, 3.05) is 13.2 Å². The van der Waals surface area contributed by atoms with Crippen molar-refractivity contribution < 1.29 is 9.47 Å². The molecular weight excluding hydrogens is 152 g/mol. The maximum Gasteiger partial charge on any atom is 0.171 e. The van der Waals surface area contributed by atoms with E-state index >= 15 is 0 Å². The van der Waals surface area contributed by atoms with Crippen molar-refractivity contribution in [1.82, 2.24) is 0 Å². The van der Waals surface area contributed by atoms with Crippen molar-refractivity contribution in [3.8, 4) is 0 Å². The molecule has 0 aromatic heterocycles. The van der Waals surface area contributed by atoms with Gasteiger partial charge >= 0.3 is 0 Å². The van der Waals surface area contributed by atoms with Crippen LogP contribution in [-0.4, -0.2) is 19.0 Å². The number of fused-ring (bicyclic) bond motifs is 2. The summed E-state index contributed by atoms with van der Waals surface area (Å²) in [7, 11) is 0. The number of hydrogen-bond acceptors (Lipinski definition) is 2. The predicted octanol–water partition coefficient (Wildman–Crippen LogP) is 1.80. The van der Waals surface area contributed by atoms with Gasteiger partial charge in [-0.1, -0.05) is 13.3 Å². The molecule has 0 amide bonds. The molecule has 0 aromatic rings. The molecule has 3 rings (SSSR count). The fraction of sp³-hybridized carbons (Fsp3) is 1.00. The zero-order chi connectivity index (χ0) is 8.18. The lowest BCUT2D eigenvalue weighted by Gasteiger charge is -2.24. The fourth-order valence-corrected chi connectivity index (χ4v) is 3.39. The highest BCUT2D eigenvalue weighted by Crippen LogP contribution is 2.65. The molecule has 0 bridgehead atoms. The highest BCUT2D eigenvalue weighted by atomic mass is 16.7. The SMILES string of the molecule is CCC1C2CCC3(OCCO3)C12. The summed E-state index contributed by atoms with van der Waals surface area (Å²) in [6.07, 6.45) is 3.80. The van der Waals surface area contributed by atoms with Crippen LogP contribution < -0.4 is 0 Å². The molecule has 3 aliphatic rings. The van der Waals surface area contributed by atoms with E-state index in [2.05, 4.69) is 6.92 Å². The van der Waals surface area contributed by atoms with Crippen LogP contribution >= 0.6 is 0 Å². The third-order valence-electron chi connectivity index (χ3n) is 3.91. The maximum atomic E-state index is 5.77. The summed E-state index contributed by atoms with van der Waals surface area (Å²) >= 11 is 0. The van der Waals surface area contributed by atoms with Gasteiger partial charge in [-0.25, -0.2) is 0 Å². The van der Waals surface area contributed by atoms with Crippen LogP contribution in [0.5, 0.6) is 0 Å². The van der Waals surface area contributed by atoms with Gasteiger partial charge in [-0.2, -0.15) is 0 Å². The molecule has 2 heteroatoms. The lowest BCUT2D eigenvalue weighted by atomic mass is 10.1. The topological polar surface area (TPSA) is 18.5 Å². The van der Waals surface area contributed by atoms with Crippen molar-refractivity contribution in [2.45, 2.75) is 32.0 Å². The van der Waals surface area contributed by atoms with E-state index in [-0.39, 0.29) is 5.79 Å². The van der Waals surface area contributed by atoms with Gasteiger partial charge in [-0.15, -0.1) is 0 Å². The van der Waals surface area contributed by atoms with Gasteiger partial charge < -0.3 is 9.47 Å². The summed E-state index contributed by atoms with van der Waals surface area (Å²) in [5, 5.41) is 0. The first-order valence-electron chi connectivity index (χ1n) is 5.15. The summed E-state index contributed by atoms with van der Waals surface area (Å²) < 4.78 is 11.5. The molecule has 0 radical (unpaired) electrons. The molecule has 12 heavy (non-hydrogen) atoms. The second-order valence-electron chi connectivity index (χ2n) is 4.31. The van der Waals surface area contributed by atoms with E-state index in [9.17, 15) is 0 Å². The third kappa shape index (κ3) is 0.728. The van der Waals surface area contributed by atoms with E-state index in [0.717, 1.165) is 37.4 Å². The summed E-state index contributed by atoms with van der Waals surface area (Å²) in [5.41, 5.74) is 0. The first kappa shape index (κ1) is 7.34. The van der Waals surface area contributed by atoms with E-state index < -0.39 is 0 Å². The van der Waals surface area contributed by atoms with Crippen LogP contribution in [0.15, 0.2) is 0 Å². The van der Waals surface area contributed by atoms with Gasteiger partial charge in [0.1, 0.15) is 0 Å². The van der Waals surface area contributed by atoms with Gasteiger partial charge in [0.25, 0.3) is 0 Å². The average molecular weight is 168 g/mol. The quantitative estimate of drug-likeness (QED) is 0.594. The zero-order valence-corrected chi connectivity index (χ0v) is 7.58. The molecule has 0 N–H and O–H groups in total. The Kier molecular flexibility index (Phi) is 1.37. The van der Waals surface area contributed by atoms with Gasteiger partial charge in [0, 0.05) is 12.3 Å². The molecule has 2 aliphatic carbocycles. The van der Waals surface area contributed by atoms with Gasteiger partial charge in [0.15, 0.2) is 5.79 Å². The molecule has 3 unspecified atom stereocenters. The molecule has 1 aliphatic heterocycles. The second kappa shape index (κ2) is 2.24. The van der Waals surface area contributed by atoms with Gasteiger partial charge in [-0.3, -0.25) is 0 Å². The minimum Gasteiger partial charge on any atom is -0.347 e. The molecule has 2 saturated carbocycles. The molecule has 1 heterocycles. The van der Waals surface area contributed by atoms with Crippen LogP contribution in [0.4, 0.5) is 0 Å². The zero-order valence-electron chi connectivity index (χ0n) is 7.58. The normalized spacial score (nSPS) is 48.2. The van der Waals surface area contributed by atoms with Crippen molar-refractivity contribution in [2.24, 2.45) is 17.8 Å². The summed E-state index contributed by atoms with van der Waals surface area (Å²) in [5.74, 6) is 2.50. The Hall–Kier alpha value is -0.0800. The van der Waals surface area contributed by atoms with E-state index in [1.54, 1.807) is 0 Å². The second-order valence-corrected chi connectivity index (χ2v) is 4.31. The van der Waals surface area contributed by atoms with E-state index in [0.29, 0.717) is 0 Å². The number of hydrogen-bond donors (Lipinski definition) is 0. The maximum absolute atomic E-state index is 5.77. The Morgan fingerprint density at radius 1 is 1.33 bits per heavy atom. The van der Waals surface area contributed by atoms with E-state index in [1.165, 1.54) is 12.8 Å². The summed E-state index contributed by atoms with van der Waals surface area (Å²) in [4.78, 5) is 0. The standard InChI is InChI=1S/C10H16O2/c1-2-7-8-3-4-10(9(7)8)11-5-6-12-10/h7-9H,2-6H2,1H3. The first-order chi connectivity index (χ1) is 5.87. The van der Waals surface area contributed by atoms with Gasteiger partial charge in [-0.05, 0) is 18.3 Å². The Morgan fingerprint density at radius 2 is 2.08 bits per heavy atom. The van der Waals surface area contributed by atoms with Crippen molar-refractivity contribution in [1.29, 1.82) is 0 Å². The van der Waals surface area contributed by atoms with E-state index in [4.69, 9.17) is 9.47 Å². The lowest BCUT2D eigenvalue weighted by molar-refractivity contribution is -0.170. The molecule has 3 atom stereocenters. The highest BCUT2D eigenvalue weighted by molar-refractivity contribution is 5.10. The molecule has 2 nitrogen and oxygen atoms in total. The minimum absolute atomic E-state index is 0.106. The number of ether oxygens (including phenoxy) is 2.